The molecule has 0 unspecified atom stereocenters. The van der Waals surface area contributed by atoms with Gasteiger partial charge in [0.05, 0.1) is 13.7 Å². The predicted octanol–water partition coefficient (Wildman–Crippen LogP) is 1.66. The van der Waals surface area contributed by atoms with Gasteiger partial charge < -0.3 is 4.74 Å². The number of rotatable bonds is 4. The Balaban J connectivity index is 2.45. The standard InChI is InChI=1S/C10H15NO2S/c1-8-4-5-14-9(8)6-11(2)7-10(12)13-3/h4-5H,6-7H2,1-3H3. The molecule has 0 fully saturated rings. The summed E-state index contributed by atoms with van der Waals surface area (Å²) in [4.78, 5) is 14.2. The molecule has 1 aromatic rings. The van der Waals surface area contributed by atoms with Crippen LogP contribution < -0.4 is 0 Å². The SMILES string of the molecule is COC(=O)CN(C)Cc1sccc1C. The van der Waals surface area contributed by atoms with Crippen LogP contribution in [-0.2, 0) is 16.1 Å². The maximum absolute atomic E-state index is 11.0. The molecule has 0 atom stereocenters. The van der Waals surface area contributed by atoms with Crippen molar-refractivity contribution in [2.75, 3.05) is 20.7 Å². The van der Waals surface area contributed by atoms with Crippen molar-refractivity contribution in [2.24, 2.45) is 0 Å². The van der Waals surface area contributed by atoms with Gasteiger partial charge in [-0.15, -0.1) is 11.3 Å². The molecule has 0 N–H and O–H groups in total. The summed E-state index contributed by atoms with van der Waals surface area (Å²) in [6, 6.07) is 2.09. The molecule has 0 bridgehead atoms. The zero-order valence-electron chi connectivity index (χ0n) is 8.74. The molecule has 3 nitrogen and oxygen atoms in total. The summed E-state index contributed by atoms with van der Waals surface area (Å²) in [7, 11) is 3.32. The Kier molecular flexibility index (Phi) is 4.10. The molecule has 0 aliphatic rings. The van der Waals surface area contributed by atoms with Crippen LogP contribution in [0.2, 0.25) is 0 Å². The third-order valence-electron chi connectivity index (χ3n) is 2.01. The maximum Gasteiger partial charge on any atom is 0.319 e. The van der Waals surface area contributed by atoms with Gasteiger partial charge in [0.25, 0.3) is 0 Å². The highest BCUT2D eigenvalue weighted by Crippen LogP contribution is 2.16. The number of methoxy groups -OCH3 is 1. The molecule has 4 heteroatoms. The van der Waals surface area contributed by atoms with E-state index in [4.69, 9.17) is 0 Å². The van der Waals surface area contributed by atoms with E-state index in [9.17, 15) is 4.79 Å². The molecule has 0 radical (unpaired) electrons. The number of nitrogens with zero attached hydrogens (tertiary/aromatic N) is 1. The molecule has 0 spiro atoms. The maximum atomic E-state index is 11.0. The Morgan fingerprint density at radius 1 is 1.64 bits per heavy atom. The molecule has 0 amide bonds. The normalized spacial score (nSPS) is 10.6. The summed E-state index contributed by atoms with van der Waals surface area (Å²) in [5.74, 6) is -0.193. The van der Waals surface area contributed by atoms with Crippen molar-refractivity contribution in [3.63, 3.8) is 0 Å². The van der Waals surface area contributed by atoms with Gasteiger partial charge in [-0.05, 0) is 31.0 Å². The molecule has 0 aliphatic carbocycles. The van der Waals surface area contributed by atoms with Crippen molar-refractivity contribution >= 4 is 17.3 Å². The van der Waals surface area contributed by atoms with Crippen molar-refractivity contribution < 1.29 is 9.53 Å². The minimum Gasteiger partial charge on any atom is -0.468 e. The van der Waals surface area contributed by atoms with Gasteiger partial charge in [-0.25, -0.2) is 0 Å². The molecular weight excluding hydrogens is 198 g/mol. The number of esters is 1. The van der Waals surface area contributed by atoms with Crippen LogP contribution in [0.15, 0.2) is 11.4 Å². The van der Waals surface area contributed by atoms with Crippen LogP contribution in [0.4, 0.5) is 0 Å². The number of aryl methyl sites for hydroxylation is 1. The molecule has 0 saturated heterocycles. The van der Waals surface area contributed by atoms with Crippen LogP contribution in [0.1, 0.15) is 10.4 Å². The number of ether oxygens (including phenoxy) is 1. The molecule has 78 valence electrons. The summed E-state index contributed by atoms with van der Waals surface area (Å²) in [6.07, 6.45) is 0. The lowest BCUT2D eigenvalue weighted by Gasteiger charge is -2.14. The summed E-state index contributed by atoms with van der Waals surface area (Å²) < 4.78 is 4.59. The van der Waals surface area contributed by atoms with Gasteiger partial charge in [-0.1, -0.05) is 0 Å². The predicted molar refractivity (Wildman–Crippen MR) is 57.4 cm³/mol. The van der Waals surface area contributed by atoms with E-state index >= 15 is 0 Å². The van der Waals surface area contributed by atoms with Crippen LogP contribution in [-0.4, -0.2) is 31.6 Å². The van der Waals surface area contributed by atoms with Crippen molar-refractivity contribution in [2.45, 2.75) is 13.5 Å². The first-order chi connectivity index (χ1) is 6.63. The highest BCUT2D eigenvalue weighted by atomic mass is 32.1. The van der Waals surface area contributed by atoms with Gasteiger partial charge >= 0.3 is 5.97 Å². The Hall–Kier alpha value is -0.870. The quantitative estimate of drug-likeness (QED) is 0.712. The number of carbonyl (C=O) groups is 1. The third kappa shape index (κ3) is 3.12. The fourth-order valence-corrected chi connectivity index (χ4v) is 2.14. The summed E-state index contributed by atoms with van der Waals surface area (Å²) >= 11 is 1.72. The summed E-state index contributed by atoms with van der Waals surface area (Å²) in [5.41, 5.74) is 1.28. The molecule has 1 aromatic heterocycles. The molecule has 1 heterocycles. The lowest BCUT2D eigenvalue weighted by atomic mass is 10.3. The Morgan fingerprint density at radius 3 is 2.86 bits per heavy atom. The fourth-order valence-electron chi connectivity index (χ4n) is 1.15. The van der Waals surface area contributed by atoms with Gasteiger partial charge in [0.1, 0.15) is 0 Å². The molecular formula is C10H15NO2S. The number of thiophene rings is 1. The van der Waals surface area contributed by atoms with E-state index in [1.165, 1.54) is 17.6 Å². The minimum absolute atomic E-state index is 0.193. The first-order valence-electron chi connectivity index (χ1n) is 4.42. The van der Waals surface area contributed by atoms with Crippen molar-refractivity contribution in [1.82, 2.24) is 4.90 Å². The number of likely N-dealkylation sites (N-methyl/N-ethyl adjacent to an activating group) is 1. The number of hydrogen-bond acceptors (Lipinski definition) is 4. The van der Waals surface area contributed by atoms with E-state index in [-0.39, 0.29) is 5.97 Å². The summed E-state index contributed by atoms with van der Waals surface area (Å²) in [6.45, 7) is 3.23. The van der Waals surface area contributed by atoms with Crippen molar-refractivity contribution in [3.8, 4) is 0 Å². The Labute approximate surface area is 88.3 Å². The van der Waals surface area contributed by atoms with E-state index in [1.807, 2.05) is 11.9 Å². The first kappa shape index (κ1) is 11.2. The number of carbonyl (C=O) groups excluding carboxylic acids is 1. The van der Waals surface area contributed by atoms with Crippen LogP contribution in [0.5, 0.6) is 0 Å². The largest absolute Gasteiger partial charge is 0.468 e. The average Bonchev–Trinajstić information content (AvgIpc) is 2.51. The van der Waals surface area contributed by atoms with Gasteiger partial charge in [0, 0.05) is 11.4 Å². The van der Waals surface area contributed by atoms with Crippen LogP contribution in [0.3, 0.4) is 0 Å². The Bertz CT molecular complexity index is 309. The van der Waals surface area contributed by atoms with Crippen LogP contribution in [0.25, 0.3) is 0 Å². The monoisotopic (exact) mass is 213 g/mol. The smallest absolute Gasteiger partial charge is 0.319 e. The van der Waals surface area contributed by atoms with Crippen molar-refractivity contribution in [1.29, 1.82) is 0 Å². The van der Waals surface area contributed by atoms with E-state index in [1.54, 1.807) is 11.3 Å². The lowest BCUT2D eigenvalue weighted by molar-refractivity contribution is -0.141. The average molecular weight is 213 g/mol. The molecule has 0 aliphatic heterocycles. The van der Waals surface area contributed by atoms with E-state index in [0.717, 1.165) is 6.54 Å². The second-order valence-electron chi connectivity index (χ2n) is 3.28. The second-order valence-corrected chi connectivity index (χ2v) is 4.28. The van der Waals surface area contributed by atoms with E-state index in [2.05, 4.69) is 23.1 Å². The van der Waals surface area contributed by atoms with Gasteiger partial charge in [-0.3, -0.25) is 9.69 Å². The topological polar surface area (TPSA) is 29.5 Å². The van der Waals surface area contributed by atoms with Crippen LogP contribution >= 0.6 is 11.3 Å². The zero-order valence-corrected chi connectivity index (χ0v) is 9.56. The van der Waals surface area contributed by atoms with Gasteiger partial charge in [-0.2, -0.15) is 0 Å². The minimum atomic E-state index is -0.193. The van der Waals surface area contributed by atoms with E-state index < -0.39 is 0 Å². The molecule has 1 rings (SSSR count). The van der Waals surface area contributed by atoms with E-state index in [0.29, 0.717) is 6.54 Å². The van der Waals surface area contributed by atoms with Gasteiger partial charge in [0.15, 0.2) is 0 Å². The fraction of sp³-hybridized carbons (Fsp3) is 0.500. The summed E-state index contributed by atoms with van der Waals surface area (Å²) in [5, 5.41) is 2.07. The lowest BCUT2D eigenvalue weighted by Crippen LogP contribution is -2.26. The third-order valence-corrected chi connectivity index (χ3v) is 3.02. The zero-order chi connectivity index (χ0) is 10.6. The van der Waals surface area contributed by atoms with Crippen molar-refractivity contribution in [3.05, 3.63) is 21.9 Å². The second kappa shape index (κ2) is 5.12. The molecule has 0 aromatic carbocycles. The van der Waals surface area contributed by atoms with Gasteiger partial charge in [0.2, 0.25) is 0 Å². The first-order valence-corrected chi connectivity index (χ1v) is 5.29. The molecule has 0 saturated carbocycles. The number of hydrogen-bond donors (Lipinski definition) is 0. The Morgan fingerprint density at radius 2 is 2.36 bits per heavy atom. The highest BCUT2D eigenvalue weighted by Gasteiger charge is 2.08. The highest BCUT2D eigenvalue weighted by molar-refractivity contribution is 7.10. The van der Waals surface area contributed by atoms with Crippen LogP contribution in [0, 0.1) is 6.92 Å². The molecule has 14 heavy (non-hydrogen) atoms.